The van der Waals surface area contributed by atoms with Gasteiger partial charge in [-0.2, -0.15) is 0 Å². The van der Waals surface area contributed by atoms with Gasteiger partial charge in [0.2, 0.25) is 0 Å². The van der Waals surface area contributed by atoms with E-state index in [0.717, 1.165) is 26.1 Å². The highest BCUT2D eigenvalue weighted by Gasteiger charge is 2.15. The third-order valence-electron chi connectivity index (χ3n) is 2.47. The Kier molecular flexibility index (Phi) is 7.15. The van der Waals surface area contributed by atoms with E-state index < -0.39 is 0 Å². The van der Waals surface area contributed by atoms with Gasteiger partial charge in [-0.15, -0.1) is 0 Å². The number of nitrogens with one attached hydrogen (secondary N) is 2. The van der Waals surface area contributed by atoms with Crippen LogP contribution in [0.15, 0.2) is 0 Å². The molecular weight excluding hydrogens is 176 g/mol. The van der Waals surface area contributed by atoms with Gasteiger partial charge in [0.05, 0.1) is 5.60 Å². The number of methoxy groups -OCH3 is 1. The molecule has 3 heteroatoms. The van der Waals surface area contributed by atoms with Crippen molar-refractivity contribution in [2.75, 3.05) is 26.7 Å². The minimum Gasteiger partial charge on any atom is -0.379 e. The molecule has 0 aliphatic rings. The lowest BCUT2D eigenvalue weighted by molar-refractivity contribution is 0.0154. The number of likely N-dealkylation sites (N-methyl/N-ethyl adjacent to an activating group) is 1. The van der Waals surface area contributed by atoms with Gasteiger partial charge in [0.15, 0.2) is 0 Å². The fourth-order valence-electron chi connectivity index (χ4n) is 1.15. The Balaban J connectivity index is 3.43. The first-order valence-corrected chi connectivity index (χ1v) is 5.51. The van der Waals surface area contributed by atoms with Gasteiger partial charge in [-0.25, -0.2) is 0 Å². The van der Waals surface area contributed by atoms with Crippen LogP contribution in [-0.2, 0) is 4.74 Å². The number of ether oxygens (including phenoxy) is 1. The Labute approximate surface area is 88.6 Å². The van der Waals surface area contributed by atoms with Crippen molar-refractivity contribution < 1.29 is 4.74 Å². The number of rotatable bonds is 8. The molecule has 0 fully saturated rings. The summed E-state index contributed by atoms with van der Waals surface area (Å²) in [5, 5.41) is 6.78. The zero-order valence-electron chi connectivity index (χ0n) is 10.3. The molecule has 3 nitrogen and oxygen atoms in total. The van der Waals surface area contributed by atoms with Crippen LogP contribution < -0.4 is 10.6 Å². The first kappa shape index (κ1) is 13.9. The summed E-state index contributed by atoms with van der Waals surface area (Å²) in [5.41, 5.74) is -0.00902. The van der Waals surface area contributed by atoms with Crippen LogP contribution in [0, 0.1) is 0 Å². The maximum Gasteiger partial charge on any atom is 0.0634 e. The summed E-state index contributed by atoms with van der Waals surface area (Å²) in [4.78, 5) is 0. The second-order valence-corrected chi connectivity index (χ2v) is 4.38. The minimum absolute atomic E-state index is 0.00902. The maximum absolute atomic E-state index is 5.34. The van der Waals surface area contributed by atoms with Crippen molar-refractivity contribution in [2.45, 2.75) is 45.8 Å². The van der Waals surface area contributed by atoms with E-state index in [0.29, 0.717) is 6.04 Å². The molecular formula is C11H26N2O. The van der Waals surface area contributed by atoms with Crippen molar-refractivity contribution in [2.24, 2.45) is 0 Å². The number of hydrogen-bond donors (Lipinski definition) is 2. The predicted octanol–water partition coefficient (Wildman–Crippen LogP) is 1.39. The average Bonchev–Trinajstić information content (AvgIpc) is 2.14. The Bertz CT molecular complexity index is 137. The summed E-state index contributed by atoms with van der Waals surface area (Å²) >= 11 is 0. The molecule has 0 aromatic heterocycles. The highest BCUT2D eigenvalue weighted by atomic mass is 16.5. The SMILES string of the molecule is CCNCC(C)NCCC(C)(C)OC. The van der Waals surface area contributed by atoms with Crippen LogP contribution in [0.5, 0.6) is 0 Å². The van der Waals surface area contributed by atoms with Gasteiger partial charge in [-0.1, -0.05) is 6.92 Å². The predicted molar refractivity (Wildman–Crippen MR) is 61.7 cm³/mol. The van der Waals surface area contributed by atoms with E-state index in [1.165, 1.54) is 0 Å². The second-order valence-electron chi connectivity index (χ2n) is 4.38. The molecule has 0 aliphatic carbocycles. The van der Waals surface area contributed by atoms with E-state index in [4.69, 9.17) is 4.74 Å². The monoisotopic (exact) mass is 202 g/mol. The topological polar surface area (TPSA) is 33.3 Å². The largest absolute Gasteiger partial charge is 0.379 e. The molecule has 14 heavy (non-hydrogen) atoms. The van der Waals surface area contributed by atoms with Crippen LogP contribution >= 0.6 is 0 Å². The average molecular weight is 202 g/mol. The number of hydrogen-bond acceptors (Lipinski definition) is 3. The van der Waals surface area contributed by atoms with Crippen LogP contribution in [0.3, 0.4) is 0 Å². The molecule has 0 aromatic rings. The van der Waals surface area contributed by atoms with E-state index >= 15 is 0 Å². The molecule has 0 saturated carbocycles. The van der Waals surface area contributed by atoms with Gasteiger partial charge < -0.3 is 15.4 Å². The molecule has 1 atom stereocenters. The standard InChI is InChI=1S/C11H26N2O/c1-6-12-9-10(2)13-8-7-11(3,4)14-5/h10,12-13H,6-9H2,1-5H3. The van der Waals surface area contributed by atoms with E-state index in [9.17, 15) is 0 Å². The Morgan fingerprint density at radius 3 is 2.50 bits per heavy atom. The summed E-state index contributed by atoms with van der Waals surface area (Å²) in [7, 11) is 1.77. The molecule has 0 spiro atoms. The van der Waals surface area contributed by atoms with Gasteiger partial charge >= 0.3 is 0 Å². The first-order chi connectivity index (χ1) is 6.52. The van der Waals surface area contributed by atoms with Crippen molar-refractivity contribution in [1.29, 1.82) is 0 Å². The smallest absolute Gasteiger partial charge is 0.0634 e. The molecule has 0 aliphatic heterocycles. The van der Waals surface area contributed by atoms with Crippen LogP contribution in [0.2, 0.25) is 0 Å². The quantitative estimate of drug-likeness (QED) is 0.624. The Morgan fingerprint density at radius 1 is 1.36 bits per heavy atom. The molecule has 0 rings (SSSR count). The molecule has 0 heterocycles. The normalized spacial score (nSPS) is 14.4. The van der Waals surface area contributed by atoms with E-state index in [1.807, 2.05) is 0 Å². The summed E-state index contributed by atoms with van der Waals surface area (Å²) in [5.74, 6) is 0. The van der Waals surface area contributed by atoms with Crippen molar-refractivity contribution in [3.05, 3.63) is 0 Å². The molecule has 2 N–H and O–H groups in total. The zero-order valence-corrected chi connectivity index (χ0v) is 10.3. The van der Waals surface area contributed by atoms with Gasteiger partial charge in [-0.3, -0.25) is 0 Å². The lowest BCUT2D eigenvalue weighted by Gasteiger charge is -2.24. The summed E-state index contributed by atoms with van der Waals surface area (Å²) < 4.78 is 5.34. The van der Waals surface area contributed by atoms with E-state index in [-0.39, 0.29) is 5.60 Å². The Morgan fingerprint density at radius 2 is 2.00 bits per heavy atom. The van der Waals surface area contributed by atoms with Crippen molar-refractivity contribution in [1.82, 2.24) is 10.6 Å². The van der Waals surface area contributed by atoms with E-state index in [2.05, 4.69) is 38.3 Å². The minimum atomic E-state index is -0.00902. The van der Waals surface area contributed by atoms with Crippen LogP contribution in [0.25, 0.3) is 0 Å². The molecule has 0 aromatic carbocycles. The summed E-state index contributed by atoms with van der Waals surface area (Å²) in [6, 6.07) is 0.530. The Hall–Kier alpha value is -0.120. The maximum atomic E-state index is 5.34. The van der Waals surface area contributed by atoms with Gasteiger partial charge in [0, 0.05) is 19.7 Å². The van der Waals surface area contributed by atoms with E-state index in [1.54, 1.807) is 7.11 Å². The van der Waals surface area contributed by atoms with Crippen LogP contribution in [0.1, 0.15) is 34.1 Å². The van der Waals surface area contributed by atoms with Gasteiger partial charge in [0.1, 0.15) is 0 Å². The summed E-state index contributed by atoms with van der Waals surface area (Å²) in [6.07, 6.45) is 1.04. The molecule has 0 saturated heterocycles. The van der Waals surface area contributed by atoms with Gasteiger partial charge in [0.25, 0.3) is 0 Å². The van der Waals surface area contributed by atoms with Crippen molar-refractivity contribution >= 4 is 0 Å². The molecule has 86 valence electrons. The lowest BCUT2D eigenvalue weighted by atomic mass is 10.1. The van der Waals surface area contributed by atoms with Crippen molar-refractivity contribution in [3.63, 3.8) is 0 Å². The first-order valence-electron chi connectivity index (χ1n) is 5.51. The van der Waals surface area contributed by atoms with Crippen LogP contribution in [0.4, 0.5) is 0 Å². The zero-order chi connectivity index (χ0) is 11.0. The lowest BCUT2D eigenvalue weighted by Crippen LogP contribution is -2.39. The second kappa shape index (κ2) is 7.21. The highest BCUT2D eigenvalue weighted by Crippen LogP contribution is 2.11. The molecule has 0 radical (unpaired) electrons. The highest BCUT2D eigenvalue weighted by molar-refractivity contribution is 4.71. The fraction of sp³-hybridized carbons (Fsp3) is 1.00. The molecule has 0 bridgehead atoms. The van der Waals surface area contributed by atoms with Crippen LogP contribution in [-0.4, -0.2) is 38.4 Å². The third kappa shape index (κ3) is 7.30. The van der Waals surface area contributed by atoms with Gasteiger partial charge in [-0.05, 0) is 40.3 Å². The molecule has 0 amide bonds. The van der Waals surface area contributed by atoms with Crippen molar-refractivity contribution in [3.8, 4) is 0 Å². The fourth-order valence-corrected chi connectivity index (χ4v) is 1.15. The molecule has 1 unspecified atom stereocenters. The summed E-state index contributed by atoms with van der Waals surface area (Å²) in [6.45, 7) is 11.6. The third-order valence-corrected chi connectivity index (χ3v) is 2.47.